The highest BCUT2D eigenvalue weighted by Crippen LogP contribution is 2.24. The van der Waals surface area contributed by atoms with Crippen molar-refractivity contribution < 1.29 is 14.3 Å². The van der Waals surface area contributed by atoms with Crippen LogP contribution in [0.25, 0.3) is 6.08 Å². The summed E-state index contributed by atoms with van der Waals surface area (Å²) in [5.41, 5.74) is 2.31. The predicted molar refractivity (Wildman–Crippen MR) is 114 cm³/mol. The minimum Gasteiger partial charge on any atom is -0.496 e. The maximum atomic E-state index is 12.3. The molecule has 0 radical (unpaired) electrons. The van der Waals surface area contributed by atoms with Crippen LogP contribution < -0.4 is 9.47 Å². The maximum absolute atomic E-state index is 12.3. The zero-order valence-electron chi connectivity index (χ0n) is 15.2. The van der Waals surface area contributed by atoms with Gasteiger partial charge in [0, 0.05) is 21.2 Å². The zero-order chi connectivity index (χ0) is 19.9. The van der Waals surface area contributed by atoms with E-state index in [4.69, 9.17) is 32.7 Å². The smallest absolute Gasteiger partial charge is 0.185 e. The first-order chi connectivity index (χ1) is 13.5. The van der Waals surface area contributed by atoms with Gasteiger partial charge in [-0.2, -0.15) is 0 Å². The van der Waals surface area contributed by atoms with E-state index in [1.165, 1.54) is 6.08 Å². The van der Waals surface area contributed by atoms with Crippen molar-refractivity contribution >= 4 is 35.1 Å². The third-order valence-corrected chi connectivity index (χ3v) is 4.54. The molecular formula is C23H18Cl2O3. The fourth-order valence-corrected chi connectivity index (χ4v) is 2.92. The summed E-state index contributed by atoms with van der Waals surface area (Å²) in [4.78, 5) is 12.3. The Labute approximate surface area is 174 Å². The van der Waals surface area contributed by atoms with Crippen LogP contribution >= 0.6 is 23.2 Å². The van der Waals surface area contributed by atoms with Crippen LogP contribution in [0.15, 0.2) is 72.8 Å². The molecule has 0 saturated carbocycles. The summed E-state index contributed by atoms with van der Waals surface area (Å²) >= 11 is 11.8. The van der Waals surface area contributed by atoms with E-state index in [-0.39, 0.29) is 5.78 Å². The average Bonchev–Trinajstić information content (AvgIpc) is 2.71. The van der Waals surface area contributed by atoms with Gasteiger partial charge < -0.3 is 9.47 Å². The van der Waals surface area contributed by atoms with Crippen molar-refractivity contribution in [2.24, 2.45) is 0 Å². The van der Waals surface area contributed by atoms with Gasteiger partial charge in [0.2, 0.25) is 0 Å². The SMILES string of the molecule is COc1ccc(/C=C/C(=O)c2ccc(Cl)cc2)cc1COc1cccc(Cl)c1. The molecule has 0 aliphatic rings. The Morgan fingerprint density at radius 1 is 0.964 bits per heavy atom. The lowest BCUT2D eigenvalue weighted by Crippen LogP contribution is -1.99. The molecule has 3 rings (SSSR count). The molecule has 0 N–H and O–H groups in total. The van der Waals surface area contributed by atoms with Crippen molar-refractivity contribution in [1.29, 1.82) is 0 Å². The Balaban J connectivity index is 1.74. The molecule has 5 heteroatoms. The number of methoxy groups -OCH3 is 1. The fraction of sp³-hybridized carbons (Fsp3) is 0.0870. The molecule has 3 nitrogen and oxygen atoms in total. The molecule has 0 aliphatic carbocycles. The van der Waals surface area contributed by atoms with Crippen molar-refractivity contribution in [3.63, 3.8) is 0 Å². The molecule has 0 aromatic heterocycles. The van der Waals surface area contributed by atoms with Crippen molar-refractivity contribution in [2.75, 3.05) is 7.11 Å². The van der Waals surface area contributed by atoms with E-state index in [0.717, 1.165) is 11.1 Å². The highest BCUT2D eigenvalue weighted by molar-refractivity contribution is 6.31. The van der Waals surface area contributed by atoms with Crippen molar-refractivity contribution in [3.05, 3.63) is 99.5 Å². The lowest BCUT2D eigenvalue weighted by molar-refractivity contribution is 0.104. The minimum atomic E-state index is -0.0933. The summed E-state index contributed by atoms with van der Waals surface area (Å²) in [6.45, 7) is 0.316. The number of carbonyl (C=O) groups is 1. The van der Waals surface area contributed by atoms with E-state index in [9.17, 15) is 4.79 Å². The highest BCUT2D eigenvalue weighted by Gasteiger charge is 2.06. The maximum Gasteiger partial charge on any atom is 0.185 e. The molecule has 0 saturated heterocycles. The van der Waals surface area contributed by atoms with Gasteiger partial charge in [-0.05, 0) is 66.2 Å². The molecule has 0 unspecified atom stereocenters. The van der Waals surface area contributed by atoms with Crippen LogP contribution in [-0.2, 0) is 6.61 Å². The molecule has 3 aromatic carbocycles. The van der Waals surface area contributed by atoms with Gasteiger partial charge in [-0.3, -0.25) is 4.79 Å². The second-order valence-corrected chi connectivity index (χ2v) is 6.89. The van der Waals surface area contributed by atoms with E-state index in [1.807, 2.05) is 30.3 Å². The Hall–Kier alpha value is -2.75. The van der Waals surface area contributed by atoms with Gasteiger partial charge in [-0.1, -0.05) is 41.4 Å². The summed E-state index contributed by atoms with van der Waals surface area (Å²) in [5.74, 6) is 1.29. The summed E-state index contributed by atoms with van der Waals surface area (Å²) in [6, 6.07) is 19.7. The molecule has 28 heavy (non-hydrogen) atoms. The van der Waals surface area contributed by atoms with Gasteiger partial charge >= 0.3 is 0 Å². The largest absolute Gasteiger partial charge is 0.496 e. The van der Waals surface area contributed by atoms with Crippen molar-refractivity contribution in [2.45, 2.75) is 6.61 Å². The van der Waals surface area contributed by atoms with Gasteiger partial charge in [0.15, 0.2) is 5.78 Å². The van der Waals surface area contributed by atoms with Crippen LogP contribution in [0.4, 0.5) is 0 Å². The van der Waals surface area contributed by atoms with Gasteiger partial charge in [0.05, 0.1) is 7.11 Å². The summed E-state index contributed by atoms with van der Waals surface area (Å²) in [6.07, 6.45) is 3.30. The Bertz CT molecular complexity index is 995. The minimum absolute atomic E-state index is 0.0933. The summed E-state index contributed by atoms with van der Waals surface area (Å²) in [7, 11) is 1.61. The number of hydrogen-bond donors (Lipinski definition) is 0. The number of ether oxygens (including phenoxy) is 2. The molecular weight excluding hydrogens is 395 g/mol. The van der Waals surface area contributed by atoms with E-state index < -0.39 is 0 Å². The first-order valence-corrected chi connectivity index (χ1v) is 9.34. The molecule has 0 atom stereocenters. The summed E-state index contributed by atoms with van der Waals surface area (Å²) in [5, 5.41) is 1.21. The molecule has 142 valence electrons. The van der Waals surface area contributed by atoms with Crippen LogP contribution in [0, 0.1) is 0 Å². The first-order valence-electron chi connectivity index (χ1n) is 8.58. The number of rotatable bonds is 7. The van der Waals surface area contributed by atoms with Gasteiger partial charge in [0.25, 0.3) is 0 Å². The standard InChI is InChI=1S/C23H18Cl2O3/c1-27-23-12-6-16(5-11-22(26)17-7-9-19(24)10-8-17)13-18(23)15-28-21-4-2-3-20(25)14-21/h2-14H,15H2,1H3/b11-5+. The normalized spacial score (nSPS) is 10.8. The Morgan fingerprint density at radius 3 is 2.46 bits per heavy atom. The molecule has 0 heterocycles. The highest BCUT2D eigenvalue weighted by atomic mass is 35.5. The topological polar surface area (TPSA) is 35.5 Å². The monoisotopic (exact) mass is 412 g/mol. The number of benzene rings is 3. The van der Waals surface area contributed by atoms with Crippen LogP contribution in [-0.4, -0.2) is 12.9 Å². The lowest BCUT2D eigenvalue weighted by atomic mass is 10.1. The molecule has 0 fully saturated rings. The van der Waals surface area contributed by atoms with Crippen LogP contribution in [0.3, 0.4) is 0 Å². The molecule has 0 amide bonds. The van der Waals surface area contributed by atoms with Crippen LogP contribution in [0.1, 0.15) is 21.5 Å². The first kappa shape index (κ1) is 20.0. The van der Waals surface area contributed by atoms with Gasteiger partial charge in [-0.15, -0.1) is 0 Å². The Kier molecular flexibility index (Phi) is 6.75. The van der Waals surface area contributed by atoms with E-state index >= 15 is 0 Å². The van der Waals surface area contributed by atoms with E-state index in [0.29, 0.717) is 33.7 Å². The third-order valence-electron chi connectivity index (χ3n) is 4.05. The average molecular weight is 413 g/mol. The van der Waals surface area contributed by atoms with Crippen molar-refractivity contribution in [3.8, 4) is 11.5 Å². The second kappa shape index (κ2) is 9.45. The van der Waals surface area contributed by atoms with Crippen molar-refractivity contribution in [1.82, 2.24) is 0 Å². The quantitative estimate of drug-likeness (QED) is 0.329. The number of ketones is 1. The number of carbonyl (C=O) groups excluding carboxylic acids is 1. The van der Waals surface area contributed by atoms with Gasteiger partial charge in [-0.25, -0.2) is 0 Å². The van der Waals surface area contributed by atoms with Gasteiger partial charge in [0.1, 0.15) is 18.1 Å². The van der Waals surface area contributed by atoms with Crippen LogP contribution in [0.5, 0.6) is 11.5 Å². The van der Waals surface area contributed by atoms with E-state index in [1.54, 1.807) is 49.6 Å². The zero-order valence-corrected chi connectivity index (χ0v) is 16.7. The predicted octanol–water partition coefficient (Wildman–Crippen LogP) is 6.48. The van der Waals surface area contributed by atoms with Crippen LogP contribution in [0.2, 0.25) is 10.0 Å². The third kappa shape index (κ3) is 5.38. The lowest BCUT2D eigenvalue weighted by Gasteiger charge is -2.11. The van der Waals surface area contributed by atoms with E-state index in [2.05, 4.69) is 0 Å². The fourth-order valence-electron chi connectivity index (χ4n) is 2.62. The second-order valence-electron chi connectivity index (χ2n) is 6.02. The summed E-state index contributed by atoms with van der Waals surface area (Å²) < 4.78 is 11.2. The molecule has 0 aliphatic heterocycles. The molecule has 3 aromatic rings. The number of allylic oxidation sites excluding steroid dienone is 1. The number of halogens is 2. The molecule has 0 bridgehead atoms. The molecule has 0 spiro atoms. The number of hydrogen-bond acceptors (Lipinski definition) is 3. The Morgan fingerprint density at radius 2 is 1.75 bits per heavy atom.